The molecule has 0 radical (unpaired) electrons. The van der Waals surface area contributed by atoms with Gasteiger partial charge in [-0.25, -0.2) is 12.7 Å². The molecule has 8 heteroatoms. The molecule has 1 aliphatic carbocycles. The predicted octanol–water partition coefficient (Wildman–Crippen LogP) is 2.41. The van der Waals surface area contributed by atoms with Gasteiger partial charge in [-0.15, -0.1) is 5.10 Å². The van der Waals surface area contributed by atoms with E-state index in [1.807, 2.05) is 16.9 Å². The maximum Gasteiger partial charge on any atom is 0.213 e. The summed E-state index contributed by atoms with van der Waals surface area (Å²) in [6.45, 7) is 3.96. The van der Waals surface area contributed by atoms with Crippen molar-refractivity contribution in [2.24, 2.45) is 5.92 Å². The third kappa shape index (κ3) is 4.38. The largest absolute Gasteiger partial charge is 0.487 e. The predicted molar refractivity (Wildman–Crippen MR) is 107 cm³/mol. The summed E-state index contributed by atoms with van der Waals surface area (Å²) in [6, 6.07) is 6.32. The van der Waals surface area contributed by atoms with Crippen LogP contribution in [-0.4, -0.2) is 46.6 Å². The van der Waals surface area contributed by atoms with Crippen LogP contribution in [0.2, 0.25) is 0 Å². The molecule has 0 amide bonds. The number of nitrogens with zero attached hydrogens (tertiary/aromatic N) is 4. The van der Waals surface area contributed by atoms with Gasteiger partial charge in [0.05, 0.1) is 11.9 Å². The fourth-order valence-corrected chi connectivity index (χ4v) is 5.38. The van der Waals surface area contributed by atoms with E-state index in [0.717, 1.165) is 30.7 Å². The van der Waals surface area contributed by atoms with Crippen molar-refractivity contribution in [3.8, 4) is 5.75 Å². The highest BCUT2D eigenvalue weighted by atomic mass is 32.2. The van der Waals surface area contributed by atoms with Gasteiger partial charge in [-0.2, -0.15) is 0 Å². The summed E-state index contributed by atoms with van der Waals surface area (Å²) < 4.78 is 33.6. The number of piperidine rings is 1. The molecule has 1 atom stereocenters. The number of sulfonamides is 1. The maximum absolute atomic E-state index is 12.1. The first kappa shape index (κ1) is 19.4. The van der Waals surface area contributed by atoms with E-state index in [-0.39, 0.29) is 11.7 Å². The van der Waals surface area contributed by atoms with Gasteiger partial charge in [0.1, 0.15) is 18.1 Å². The van der Waals surface area contributed by atoms with Gasteiger partial charge in [-0.1, -0.05) is 11.3 Å². The molecular weight excluding hydrogens is 376 g/mol. The molecule has 1 aromatic heterocycles. The Morgan fingerprint density at radius 1 is 1.21 bits per heavy atom. The lowest BCUT2D eigenvalue weighted by molar-refractivity contribution is 0.238. The molecule has 1 aromatic carbocycles. The Hall–Kier alpha value is -1.93. The first-order valence-electron chi connectivity index (χ1n) is 10.1. The third-order valence-electron chi connectivity index (χ3n) is 5.73. The number of benzene rings is 1. The van der Waals surface area contributed by atoms with Crippen LogP contribution in [-0.2, 0) is 36.0 Å². The average Bonchev–Trinajstić information content (AvgIpc) is 3.35. The van der Waals surface area contributed by atoms with Crippen LogP contribution >= 0.6 is 0 Å². The molecule has 152 valence electrons. The number of hydrogen-bond donors (Lipinski definition) is 0. The van der Waals surface area contributed by atoms with Gasteiger partial charge in [0.25, 0.3) is 0 Å². The lowest BCUT2D eigenvalue weighted by Gasteiger charge is -2.31. The van der Waals surface area contributed by atoms with Crippen molar-refractivity contribution in [3.05, 3.63) is 41.2 Å². The zero-order chi connectivity index (χ0) is 19.6. The zero-order valence-electron chi connectivity index (χ0n) is 16.4. The van der Waals surface area contributed by atoms with Gasteiger partial charge in [0.2, 0.25) is 10.0 Å². The molecule has 2 heterocycles. The highest BCUT2D eigenvalue weighted by Crippen LogP contribution is 2.26. The van der Waals surface area contributed by atoms with Crippen LogP contribution in [0, 0.1) is 5.92 Å². The Kier molecular flexibility index (Phi) is 5.68. The minimum Gasteiger partial charge on any atom is -0.487 e. The SMILES string of the molecule is CCS(=O)(=O)N1CCCC(Cn2cc(COc3ccc4c(c3)CCC4)nn2)C1. The van der Waals surface area contributed by atoms with Crippen LogP contribution in [0.1, 0.15) is 43.0 Å². The van der Waals surface area contributed by atoms with Crippen molar-refractivity contribution in [2.75, 3.05) is 18.8 Å². The maximum atomic E-state index is 12.1. The van der Waals surface area contributed by atoms with E-state index in [0.29, 0.717) is 26.2 Å². The molecule has 0 spiro atoms. The fraction of sp³-hybridized carbons (Fsp3) is 0.600. The summed E-state index contributed by atoms with van der Waals surface area (Å²) in [5.41, 5.74) is 3.62. The van der Waals surface area contributed by atoms with E-state index in [9.17, 15) is 8.42 Å². The van der Waals surface area contributed by atoms with Gasteiger partial charge in [-0.05, 0) is 68.2 Å². The Morgan fingerprint density at radius 2 is 2.07 bits per heavy atom. The second-order valence-corrected chi connectivity index (χ2v) is 10.0. The van der Waals surface area contributed by atoms with Crippen LogP contribution in [0.15, 0.2) is 24.4 Å². The summed E-state index contributed by atoms with van der Waals surface area (Å²) in [5.74, 6) is 1.30. The van der Waals surface area contributed by atoms with Crippen molar-refractivity contribution < 1.29 is 13.2 Å². The molecule has 1 unspecified atom stereocenters. The molecule has 1 fully saturated rings. The number of fused-ring (bicyclic) bond motifs is 1. The summed E-state index contributed by atoms with van der Waals surface area (Å²) >= 11 is 0. The van der Waals surface area contributed by atoms with Crippen LogP contribution in [0.4, 0.5) is 0 Å². The molecule has 7 nitrogen and oxygen atoms in total. The molecule has 1 saturated heterocycles. The zero-order valence-corrected chi connectivity index (χ0v) is 17.2. The standard InChI is InChI=1S/C20H28N4O3S/c1-2-28(25,26)24-10-4-5-16(13-24)12-23-14-19(21-22-23)15-27-20-9-8-17-6-3-7-18(17)11-20/h8-9,11,14,16H,2-7,10,12-13,15H2,1H3. The number of hydrogen-bond acceptors (Lipinski definition) is 5. The Morgan fingerprint density at radius 3 is 2.93 bits per heavy atom. The summed E-state index contributed by atoms with van der Waals surface area (Å²) in [4.78, 5) is 0. The molecule has 0 bridgehead atoms. The second-order valence-electron chi connectivity index (χ2n) is 7.77. The second kappa shape index (κ2) is 8.21. The molecule has 2 aromatic rings. The van der Waals surface area contributed by atoms with E-state index < -0.39 is 10.0 Å². The first-order chi connectivity index (χ1) is 13.5. The minimum absolute atomic E-state index is 0.160. The van der Waals surface area contributed by atoms with E-state index in [1.54, 1.807) is 11.2 Å². The topological polar surface area (TPSA) is 77.3 Å². The average molecular weight is 405 g/mol. The monoisotopic (exact) mass is 404 g/mol. The van der Waals surface area contributed by atoms with Crippen LogP contribution < -0.4 is 4.74 Å². The van der Waals surface area contributed by atoms with E-state index in [4.69, 9.17) is 4.74 Å². The Balaban J connectivity index is 1.32. The van der Waals surface area contributed by atoms with Crippen molar-refractivity contribution in [1.29, 1.82) is 0 Å². The van der Waals surface area contributed by atoms with Crippen LogP contribution in [0.5, 0.6) is 5.75 Å². The molecular formula is C20H28N4O3S. The van der Waals surface area contributed by atoms with Gasteiger partial charge in [0.15, 0.2) is 0 Å². The first-order valence-corrected chi connectivity index (χ1v) is 11.8. The number of aryl methyl sites for hydroxylation is 2. The number of ether oxygens (including phenoxy) is 1. The van der Waals surface area contributed by atoms with E-state index in [2.05, 4.69) is 22.4 Å². The number of aromatic nitrogens is 3. The van der Waals surface area contributed by atoms with Crippen molar-refractivity contribution >= 4 is 10.0 Å². The van der Waals surface area contributed by atoms with E-state index >= 15 is 0 Å². The van der Waals surface area contributed by atoms with Gasteiger partial charge >= 0.3 is 0 Å². The molecule has 4 rings (SSSR count). The van der Waals surface area contributed by atoms with Crippen LogP contribution in [0.3, 0.4) is 0 Å². The molecule has 0 N–H and O–H groups in total. The Labute approximate surface area is 166 Å². The van der Waals surface area contributed by atoms with Crippen molar-refractivity contribution in [2.45, 2.75) is 52.2 Å². The quantitative estimate of drug-likeness (QED) is 0.708. The van der Waals surface area contributed by atoms with E-state index in [1.165, 1.54) is 24.0 Å². The molecule has 0 saturated carbocycles. The van der Waals surface area contributed by atoms with Crippen molar-refractivity contribution in [3.63, 3.8) is 0 Å². The smallest absolute Gasteiger partial charge is 0.213 e. The normalized spacial score (nSPS) is 20.2. The molecule has 2 aliphatic rings. The van der Waals surface area contributed by atoms with Gasteiger partial charge in [0, 0.05) is 19.6 Å². The van der Waals surface area contributed by atoms with Crippen LogP contribution in [0.25, 0.3) is 0 Å². The number of rotatable bonds is 7. The fourth-order valence-electron chi connectivity index (χ4n) is 4.16. The van der Waals surface area contributed by atoms with Gasteiger partial charge < -0.3 is 4.74 Å². The lowest BCUT2D eigenvalue weighted by Crippen LogP contribution is -2.41. The lowest BCUT2D eigenvalue weighted by atomic mass is 10.00. The van der Waals surface area contributed by atoms with Crippen molar-refractivity contribution in [1.82, 2.24) is 19.3 Å². The summed E-state index contributed by atoms with van der Waals surface area (Å²) in [7, 11) is -3.12. The summed E-state index contributed by atoms with van der Waals surface area (Å²) in [6.07, 6.45) is 7.34. The minimum atomic E-state index is -3.12. The van der Waals surface area contributed by atoms with Gasteiger partial charge in [-0.3, -0.25) is 4.68 Å². The molecule has 1 aliphatic heterocycles. The summed E-state index contributed by atoms with van der Waals surface area (Å²) in [5, 5.41) is 8.42. The highest BCUT2D eigenvalue weighted by molar-refractivity contribution is 7.89. The molecule has 28 heavy (non-hydrogen) atoms. The highest BCUT2D eigenvalue weighted by Gasteiger charge is 2.28. The Bertz CT molecular complexity index is 925. The third-order valence-corrected chi connectivity index (χ3v) is 7.58.